The summed E-state index contributed by atoms with van der Waals surface area (Å²) in [6.45, 7) is 4.07. The van der Waals surface area contributed by atoms with Gasteiger partial charge in [-0.2, -0.15) is 0 Å². The fraction of sp³-hybridized carbons (Fsp3) is 0.333. The molecule has 1 aromatic carbocycles. The van der Waals surface area contributed by atoms with Crippen LogP contribution in [0.25, 0.3) is 11.4 Å². The second-order valence-corrected chi connectivity index (χ2v) is 4.64. The number of aromatic nitrogens is 2. The molecule has 18 heavy (non-hydrogen) atoms. The van der Waals surface area contributed by atoms with Crippen molar-refractivity contribution >= 4 is 0 Å². The average molecular weight is 239 g/mol. The third-order valence-electron chi connectivity index (χ3n) is 3.43. The van der Waals surface area contributed by atoms with Crippen molar-refractivity contribution in [3.05, 3.63) is 47.3 Å². The van der Waals surface area contributed by atoms with E-state index in [4.69, 9.17) is 0 Å². The number of hydrogen-bond acceptors (Lipinski definition) is 3. The van der Waals surface area contributed by atoms with Gasteiger partial charge in [-0.1, -0.05) is 31.2 Å². The first kappa shape index (κ1) is 11.4. The number of hydrogen-bond donors (Lipinski definition) is 1. The molecule has 0 aliphatic carbocycles. The Hall–Kier alpha value is -1.74. The maximum atomic E-state index is 4.69. The molecule has 1 aliphatic rings. The van der Waals surface area contributed by atoms with Crippen LogP contribution in [-0.2, 0) is 19.4 Å². The van der Waals surface area contributed by atoms with Gasteiger partial charge in [0, 0.05) is 36.8 Å². The van der Waals surface area contributed by atoms with Gasteiger partial charge >= 0.3 is 0 Å². The van der Waals surface area contributed by atoms with Crippen molar-refractivity contribution < 1.29 is 0 Å². The highest BCUT2D eigenvalue weighted by atomic mass is 14.9. The minimum absolute atomic E-state index is 0.846. The molecule has 2 aromatic rings. The lowest BCUT2D eigenvalue weighted by Gasteiger charge is -2.16. The fourth-order valence-corrected chi connectivity index (χ4v) is 2.26. The molecule has 2 heterocycles. The number of rotatable bonds is 2. The second kappa shape index (κ2) is 4.86. The van der Waals surface area contributed by atoms with Crippen molar-refractivity contribution in [2.24, 2.45) is 0 Å². The maximum Gasteiger partial charge on any atom is 0.159 e. The van der Waals surface area contributed by atoms with Crippen molar-refractivity contribution in [1.82, 2.24) is 15.3 Å². The Morgan fingerprint density at radius 2 is 2.06 bits per heavy atom. The minimum atomic E-state index is 0.846. The highest BCUT2D eigenvalue weighted by molar-refractivity contribution is 5.55. The van der Waals surface area contributed by atoms with Gasteiger partial charge in [0.15, 0.2) is 5.82 Å². The monoisotopic (exact) mass is 239 g/mol. The first-order valence-corrected chi connectivity index (χ1v) is 6.51. The molecule has 1 aromatic heterocycles. The molecule has 0 bridgehead atoms. The Labute approximate surface area is 107 Å². The summed E-state index contributed by atoms with van der Waals surface area (Å²) in [5.74, 6) is 0.846. The van der Waals surface area contributed by atoms with Gasteiger partial charge in [0.25, 0.3) is 0 Å². The fourth-order valence-electron chi connectivity index (χ4n) is 2.26. The van der Waals surface area contributed by atoms with E-state index in [1.165, 1.54) is 16.8 Å². The molecule has 3 heteroatoms. The molecular weight excluding hydrogens is 222 g/mol. The van der Waals surface area contributed by atoms with Gasteiger partial charge < -0.3 is 5.32 Å². The van der Waals surface area contributed by atoms with Crippen molar-refractivity contribution in [3.8, 4) is 11.4 Å². The summed E-state index contributed by atoms with van der Waals surface area (Å²) < 4.78 is 0. The lowest BCUT2D eigenvalue weighted by atomic mass is 10.1. The van der Waals surface area contributed by atoms with Gasteiger partial charge in [0.1, 0.15) is 0 Å². The molecule has 0 fully saturated rings. The summed E-state index contributed by atoms with van der Waals surface area (Å²) >= 11 is 0. The quantitative estimate of drug-likeness (QED) is 0.874. The SMILES string of the molecule is CCc1ccc(-c2ncc3c(n2)CCNC3)cc1. The van der Waals surface area contributed by atoms with Crippen LogP contribution in [0.15, 0.2) is 30.5 Å². The van der Waals surface area contributed by atoms with Crippen LogP contribution in [0.1, 0.15) is 23.7 Å². The Balaban J connectivity index is 1.95. The van der Waals surface area contributed by atoms with Crippen LogP contribution in [0.2, 0.25) is 0 Å². The highest BCUT2D eigenvalue weighted by Gasteiger charge is 2.12. The molecule has 0 radical (unpaired) electrons. The van der Waals surface area contributed by atoms with Crippen LogP contribution >= 0.6 is 0 Å². The van der Waals surface area contributed by atoms with Crippen LogP contribution in [-0.4, -0.2) is 16.5 Å². The number of nitrogens with zero attached hydrogens (tertiary/aromatic N) is 2. The lowest BCUT2D eigenvalue weighted by molar-refractivity contribution is 0.626. The summed E-state index contributed by atoms with van der Waals surface area (Å²) in [5, 5.41) is 3.34. The third-order valence-corrected chi connectivity index (χ3v) is 3.43. The lowest BCUT2D eigenvalue weighted by Crippen LogP contribution is -2.24. The zero-order valence-corrected chi connectivity index (χ0v) is 10.6. The molecule has 0 saturated carbocycles. The van der Waals surface area contributed by atoms with Crippen molar-refractivity contribution in [2.75, 3.05) is 6.54 Å². The number of fused-ring (bicyclic) bond motifs is 1. The van der Waals surface area contributed by atoms with Gasteiger partial charge in [-0.05, 0) is 12.0 Å². The average Bonchev–Trinajstić information content (AvgIpc) is 2.47. The van der Waals surface area contributed by atoms with E-state index in [1.807, 2.05) is 6.20 Å². The zero-order chi connectivity index (χ0) is 12.4. The predicted molar refractivity (Wildman–Crippen MR) is 72.3 cm³/mol. The van der Waals surface area contributed by atoms with E-state index in [1.54, 1.807) is 0 Å². The van der Waals surface area contributed by atoms with Crippen molar-refractivity contribution in [1.29, 1.82) is 0 Å². The van der Waals surface area contributed by atoms with Gasteiger partial charge in [-0.15, -0.1) is 0 Å². The van der Waals surface area contributed by atoms with E-state index < -0.39 is 0 Å². The van der Waals surface area contributed by atoms with Crippen LogP contribution < -0.4 is 5.32 Å². The molecule has 3 rings (SSSR count). The Morgan fingerprint density at radius 1 is 1.22 bits per heavy atom. The normalized spacial score (nSPS) is 14.3. The molecule has 0 atom stereocenters. The maximum absolute atomic E-state index is 4.69. The van der Waals surface area contributed by atoms with E-state index in [0.29, 0.717) is 0 Å². The van der Waals surface area contributed by atoms with Gasteiger partial charge in [0.05, 0.1) is 5.69 Å². The van der Waals surface area contributed by atoms with Crippen LogP contribution in [0, 0.1) is 0 Å². The number of aryl methyl sites for hydroxylation is 1. The van der Waals surface area contributed by atoms with E-state index in [9.17, 15) is 0 Å². The number of nitrogens with one attached hydrogen (secondary N) is 1. The number of benzene rings is 1. The first-order chi connectivity index (χ1) is 8.86. The van der Waals surface area contributed by atoms with Gasteiger partial charge in [-0.25, -0.2) is 9.97 Å². The Kier molecular flexibility index (Phi) is 3.07. The standard InChI is InChI=1S/C15H17N3/c1-2-11-3-5-12(6-4-11)15-17-10-13-9-16-8-7-14(13)18-15/h3-6,10,16H,2,7-9H2,1H3. The Morgan fingerprint density at radius 3 is 2.83 bits per heavy atom. The molecule has 0 saturated heterocycles. The molecule has 1 N–H and O–H groups in total. The van der Waals surface area contributed by atoms with Gasteiger partial charge in [0.2, 0.25) is 0 Å². The molecule has 1 aliphatic heterocycles. The van der Waals surface area contributed by atoms with Crippen molar-refractivity contribution in [2.45, 2.75) is 26.3 Å². The smallest absolute Gasteiger partial charge is 0.159 e. The summed E-state index contributed by atoms with van der Waals surface area (Å²) in [5.41, 5.74) is 4.88. The van der Waals surface area contributed by atoms with Crippen LogP contribution in [0.4, 0.5) is 0 Å². The molecule has 92 valence electrons. The summed E-state index contributed by atoms with van der Waals surface area (Å²) in [6, 6.07) is 8.53. The van der Waals surface area contributed by atoms with E-state index >= 15 is 0 Å². The second-order valence-electron chi connectivity index (χ2n) is 4.64. The molecule has 0 amide bonds. The summed E-state index contributed by atoms with van der Waals surface area (Å²) in [4.78, 5) is 9.15. The van der Waals surface area contributed by atoms with E-state index in [-0.39, 0.29) is 0 Å². The molecular formula is C15H17N3. The zero-order valence-electron chi connectivity index (χ0n) is 10.6. The van der Waals surface area contributed by atoms with Crippen LogP contribution in [0.5, 0.6) is 0 Å². The van der Waals surface area contributed by atoms with Gasteiger partial charge in [-0.3, -0.25) is 0 Å². The van der Waals surface area contributed by atoms with E-state index in [2.05, 4.69) is 46.5 Å². The third kappa shape index (κ3) is 2.14. The molecule has 0 unspecified atom stereocenters. The summed E-state index contributed by atoms with van der Waals surface area (Å²) in [6.07, 6.45) is 4.02. The summed E-state index contributed by atoms with van der Waals surface area (Å²) in [7, 11) is 0. The van der Waals surface area contributed by atoms with Crippen molar-refractivity contribution in [3.63, 3.8) is 0 Å². The largest absolute Gasteiger partial charge is 0.312 e. The highest BCUT2D eigenvalue weighted by Crippen LogP contribution is 2.19. The van der Waals surface area contributed by atoms with E-state index in [0.717, 1.165) is 37.3 Å². The van der Waals surface area contributed by atoms with Crippen LogP contribution in [0.3, 0.4) is 0 Å². The molecule has 0 spiro atoms. The topological polar surface area (TPSA) is 37.8 Å². The molecule has 3 nitrogen and oxygen atoms in total. The minimum Gasteiger partial charge on any atom is -0.312 e. The Bertz CT molecular complexity index is 546. The first-order valence-electron chi connectivity index (χ1n) is 6.51. The predicted octanol–water partition coefficient (Wildman–Crippen LogP) is 2.35.